The third-order valence-electron chi connectivity index (χ3n) is 11.7. The molecule has 368 valence electrons. The lowest BCUT2D eigenvalue weighted by molar-refractivity contribution is -0.161. The molecule has 0 aliphatic rings. The van der Waals surface area contributed by atoms with Crippen LogP contribution in [-0.2, 0) is 19.1 Å². The molecule has 0 radical (unpaired) electrons. The highest BCUT2D eigenvalue weighted by atomic mass is 16.6. The Morgan fingerprint density at radius 1 is 0.375 bits per heavy atom. The van der Waals surface area contributed by atoms with Crippen LogP contribution in [0.15, 0.2) is 85.1 Å². The maximum Gasteiger partial charge on any atom is 0.306 e. The van der Waals surface area contributed by atoms with Crippen LogP contribution in [0.3, 0.4) is 0 Å². The molecule has 0 saturated heterocycles. The molecule has 1 atom stereocenters. The van der Waals surface area contributed by atoms with E-state index in [1.165, 1.54) is 167 Å². The summed E-state index contributed by atoms with van der Waals surface area (Å²) < 4.78 is 10.6. The minimum Gasteiger partial charge on any atom is -0.462 e. The molecule has 0 rings (SSSR count). The van der Waals surface area contributed by atoms with Crippen LogP contribution in [0.25, 0.3) is 0 Å². The van der Waals surface area contributed by atoms with E-state index in [9.17, 15) is 14.7 Å². The first kappa shape index (κ1) is 61.1. The normalized spacial score (nSPS) is 12.9. The van der Waals surface area contributed by atoms with Crippen LogP contribution >= 0.6 is 0 Å². The number of aliphatic hydroxyl groups excluding tert-OH is 1. The fraction of sp³-hybridized carbons (Fsp3) is 0.729. The quantitative estimate of drug-likeness (QED) is 0.0374. The minimum atomic E-state index is -0.816. The molecule has 0 amide bonds. The molecule has 0 bridgehead atoms. The molecule has 0 spiro atoms. The van der Waals surface area contributed by atoms with Crippen molar-refractivity contribution in [2.24, 2.45) is 0 Å². The van der Waals surface area contributed by atoms with Crippen molar-refractivity contribution in [3.05, 3.63) is 85.1 Å². The van der Waals surface area contributed by atoms with Gasteiger partial charge in [0, 0.05) is 12.8 Å². The summed E-state index contributed by atoms with van der Waals surface area (Å²) in [5.41, 5.74) is 0. The van der Waals surface area contributed by atoms with Crippen LogP contribution in [0.5, 0.6) is 0 Å². The lowest BCUT2D eigenvalue weighted by atomic mass is 10.0. The second-order valence-electron chi connectivity index (χ2n) is 17.9. The van der Waals surface area contributed by atoms with Crippen molar-refractivity contribution in [2.45, 2.75) is 264 Å². The average molecular weight is 891 g/mol. The van der Waals surface area contributed by atoms with Crippen LogP contribution < -0.4 is 0 Å². The SMILES string of the molecule is CC/C=C\C/C=C\C/C=C\C/C=C\C/C=C\C/C=C\CCC(=O)OC(CO)COC(=O)CCCCCCCCCCCCCCCCCCCCC/C=C\CCCCCCCCCC. The molecular weight excluding hydrogens is 789 g/mol. The van der Waals surface area contributed by atoms with Crippen molar-refractivity contribution in [1.29, 1.82) is 0 Å². The maximum absolute atomic E-state index is 12.2. The first-order valence-corrected chi connectivity index (χ1v) is 27.1. The standard InChI is InChI=1S/C59H102O5/c1-3-5-7-9-11-13-15-17-19-21-23-24-25-26-27-28-29-30-31-32-33-34-36-37-39-41-43-45-47-49-51-53-58(61)63-56-57(55-60)64-59(62)54-52-50-48-46-44-42-40-38-35-22-20-18-16-14-12-10-8-6-4-2/h6,8,12,14,18,20-21,23,35,38,42,44,48,50,57,60H,3-5,7,9-11,13,15-17,19,22,24-34,36-37,39-41,43,45-47,49,51-56H2,1-2H3/b8-6-,14-12-,20-18-,23-21-,38-35-,44-42-,50-48-. The summed E-state index contributed by atoms with van der Waals surface area (Å²) in [7, 11) is 0. The lowest BCUT2D eigenvalue weighted by Gasteiger charge is -2.15. The second-order valence-corrected chi connectivity index (χ2v) is 17.9. The van der Waals surface area contributed by atoms with E-state index in [2.05, 4.69) is 86.8 Å². The van der Waals surface area contributed by atoms with E-state index in [1.807, 2.05) is 12.2 Å². The Bertz CT molecular complexity index is 1190. The number of aliphatic hydroxyl groups is 1. The zero-order chi connectivity index (χ0) is 46.3. The van der Waals surface area contributed by atoms with Crippen molar-refractivity contribution >= 4 is 11.9 Å². The Morgan fingerprint density at radius 3 is 1.08 bits per heavy atom. The molecule has 0 saturated carbocycles. The van der Waals surface area contributed by atoms with Crippen molar-refractivity contribution in [2.75, 3.05) is 13.2 Å². The van der Waals surface area contributed by atoms with Crippen molar-refractivity contribution < 1.29 is 24.2 Å². The van der Waals surface area contributed by atoms with Crippen LogP contribution in [0, 0.1) is 0 Å². The van der Waals surface area contributed by atoms with Crippen LogP contribution in [0.4, 0.5) is 0 Å². The average Bonchev–Trinajstić information content (AvgIpc) is 3.30. The number of hydrogen-bond acceptors (Lipinski definition) is 5. The number of carbonyl (C=O) groups is 2. The van der Waals surface area contributed by atoms with Crippen LogP contribution in [0.1, 0.15) is 258 Å². The van der Waals surface area contributed by atoms with Gasteiger partial charge in [0.15, 0.2) is 6.10 Å². The van der Waals surface area contributed by atoms with Crippen molar-refractivity contribution in [3.63, 3.8) is 0 Å². The summed E-state index contributed by atoms with van der Waals surface area (Å²) in [5.74, 6) is -0.685. The molecule has 5 heteroatoms. The molecule has 1 N–H and O–H groups in total. The topological polar surface area (TPSA) is 72.8 Å². The predicted molar refractivity (Wildman–Crippen MR) is 279 cm³/mol. The van der Waals surface area contributed by atoms with Crippen LogP contribution in [0.2, 0.25) is 0 Å². The molecule has 0 aromatic heterocycles. The zero-order valence-electron chi connectivity index (χ0n) is 42.0. The number of esters is 2. The molecule has 1 unspecified atom stereocenters. The summed E-state index contributed by atoms with van der Waals surface area (Å²) in [5, 5.41) is 9.61. The van der Waals surface area contributed by atoms with E-state index in [-0.39, 0.29) is 25.6 Å². The monoisotopic (exact) mass is 891 g/mol. The Hall–Kier alpha value is -2.92. The number of unbranched alkanes of at least 4 members (excludes halogenated alkanes) is 27. The fourth-order valence-corrected chi connectivity index (χ4v) is 7.64. The van der Waals surface area contributed by atoms with E-state index < -0.39 is 12.1 Å². The number of rotatable bonds is 49. The maximum atomic E-state index is 12.2. The highest BCUT2D eigenvalue weighted by Crippen LogP contribution is 2.16. The number of hydrogen-bond donors (Lipinski definition) is 1. The van der Waals surface area contributed by atoms with Gasteiger partial charge in [-0.25, -0.2) is 0 Å². The summed E-state index contributed by atoms with van der Waals surface area (Å²) in [6.45, 7) is 3.98. The highest BCUT2D eigenvalue weighted by molar-refractivity contribution is 5.70. The van der Waals surface area contributed by atoms with Gasteiger partial charge in [0.25, 0.3) is 0 Å². The Balaban J connectivity index is 3.52. The van der Waals surface area contributed by atoms with Gasteiger partial charge >= 0.3 is 11.9 Å². The summed E-state index contributed by atoms with van der Waals surface area (Å²) in [6.07, 6.45) is 75.7. The molecule has 64 heavy (non-hydrogen) atoms. The Labute approximate surface area is 396 Å². The van der Waals surface area contributed by atoms with Gasteiger partial charge in [-0.3, -0.25) is 9.59 Å². The first-order valence-electron chi connectivity index (χ1n) is 27.1. The fourth-order valence-electron chi connectivity index (χ4n) is 7.64. The predicted octanol–water partition coefficient (Wildman–Crippen LogP) is 18.2. The lowest BCUT2D eigenvalue weighted by Crippen LogP contribution is -2.28. The van der Waals surface area contributed by atoms with Gasteiger partial charge in [-0.2, -0.15) is 0 Å². The summed E-state index contributed by atoms with van der Waals surface area (Å²) in [4.78, 5) is 24.4. The molecule has 0 aliphatic carbocycles. The summed E-state index contributed by atoms with van der Waals surface area (Å²) in [6, 6.07) is 0. The third kappa shape index (κ3) is 51.7. The van der Waals surface area contributed by atoms with Gasteiger partial charge < -0.3 is 14.6 Å². The number of allylic oxidation sites excluding steroid dienone is 14. The second kappa shape index (κ2) is 54.4. The number of carbonyl (C=O) groups excluding carboxylic acids is 2. The largest absolute Gasteiger partial charge is 0.462 e. The van der Waals surface area contributed by atoms with Gasteiger partial charge in [-0.1, -0.05) is 253 Å². The molecule has 0 aromatic rings. The highest BCUT2D eigenvalue weighted by Gasteiger charge is 2.15. The van der Waals surface area contributed by atoms with Crippen molar-refractivity contribution in [3.8, 4) is 0 Å². The van der Waals surface area contributed by atoms with Gasteiger partial charge in [0.1, 0.15) is 6.61 Å². The van der Waals surface area contributed by atoms with Gasteiger partial charge in [-0.05, 0) is 77.0 Å². The molecule has 0 aliphatic heterocycles. The molecule has 0 fully saturated rings. The molecular formula is C59H102O5. The molecule has 5 nitrogen and oxygen atoms in total. The smallest absolute Gasteiger partial charge is 0.306 e. The first-order chi connectivity index (χ1) is 31.6. The minimum absolute atomic E-state index is 0.0982. The number of ether oxygens (including phenoxy) is 2. The molecule has 0 aromatic carbocycles. The summed E-state index contributed by atoms with van der Waals surface area (Å²) >= 11 is 0. The van der Waals surface area contributed by atoms with E-state index in [4.69, 9.17) is 9.47 Å². The van der Waals surface area contributed by atoms with Crippen molar-refractivity contribution in [1.82, 2.24) is 0 Å². The van der Waals surface area contributed by atoms with Gasteiger partial charge in [-0.15, -0.1) is 0 Å². The van der Waals surface area contributed by atoms with E-state index in [0.717, 1.165) is 57.8 Å². The molecule has 0 heterocycles. The Morgan fingerprint density at radius 2 is 0.703 bits per heavy atom. The van der Waals surface area contributed by atoms with E-state index >= 15 is 0 Å². The Kier molecular flexibility index (Phi) is 51.9. The third-order valence-corrected chi connectivity index (χ3v) is 11.7. The zero-order valence-corrected chi connectivity index (χ0v) is 42.0. The van der Waals surface area contributed by atoms with E-state index in [0.29, 0.717) is 12.8 Å². The van der Waals surface area contributed by atoms with Gasteiger partial charge in [0.2, 0.25) is 0 Å². The van der Waals surface area contributed by atoms with Crippen LogP contribution in [-0.4, -0.2) is 36.4 Å². The van der Waals surface area contributed by atoms with Gasteiger partial charge in [0.05, 0.1) is 6.61 Å². The van der Waals surface area contributed by atoms with E-state index in [1.54, 1.807) is 0 Å².